The fourth-order valence-corrected chi connectivity index (χ4v) is 5.47. The number of nitrogens with zero attached hydrogens (tertiary/aromatic N) is 1. The minimum atomic E-state index is -0.957. The summed E-state index contributed by atoms with van der Waals surface area (Å²) in [4.78, 5) is 52.8. The van der Waals surface area contributed by atoms with Crippen molar-refractivity contribution in [3.8, 4) is 17.6 Å². The lowest BCUT2D eigenvalue weighted by Gasteiger charge is -2.44. The van der Waals surface area contributed by atoms with Gasteiger partial charge in [0.25, 0.3) is 5.91 Å². The van der Waals surface area contributed by atoms with Crippen molar-refractivity contribution < 1.29 is 23.9 Å². The van der Waals surface area contributed by atoms with E-state index in [0.29, 0.717) is 60.2 Å². The van der Waals surface area contributed by atoms with Crippen LogP contribution < -0.4 is 4.74 Å². The van der Waals surface area contributed by atoms with Crippen molar-refractivity contribution in [3.63, 3.8) is 0 Å². The molecule has 1 aliphatic heterocycles. The van der Waals surface area contributed by atoms with E-state index in [-0.39, 0.29) is 30.2 Å². The number of hydrogen-bond acceptors (Lipinski definition) is 5. The van der Waals surface area contributed by atoms with Gasteiger partial charge in [-0.1, -0.05) is 17.5 Å². The van der Waals surface area contributed by atoms with E-state index in [1.165, 1.54) is 7.11 Å². The van der Waals surface area contributed by atoms with Gasteiger partial charge in [-0.2, -0.15) is 0 Å². The summed E-state index contributed by atoms with van der Waals surface area (Å²) in [5.41, 5.74) is 0.599. The Balaban J connectivity index is 1.47. The first-order chi connectivity index (χ1) is 15.8. The normalized spacial score (nSPS) is 20.4. The molecule has 1 saturated heterocycles. The Morgan fingerprint density at radius 1 is 1.15 bits per heavy atom. The van der Waals surface area contributed by atoms with Gasteiger partial charge < -0.3 is 9.64 Å². The second kappa shape index (κ2) is 9.30. The molecule has 4 rings (SSSR count). The van der Waals surface area contributed by atoms with E-state index in [0.717, 1.165) is 12.8 Å². The van der Waals surface area contributed by atoms with Crippen LogP contribution in [-0.4, -0.2) is 48.4 Å². The maximum Gasteiger partial charge on any atom is 0.289 e. The summed E-state index contributed by atoms with van der Waals surface area (Å²) in [6, 6.07) is 3.36. The van der Waals surface area contributed by atoms with E-state index in [1.807, 2.05) is 0 Å². The summed E-state index contributed by atoms with van der Waals surface area (Å²) in [7, 11) is 1.48. The molecule has 3 fully saturated rings. The number of halogens is 1. The second-order valence-electron chi connectivity index (χ2n) is 9.53. The fraction of sp³-hybridized carbons (Fsp3) is 0.538. The molecule has 0 N–H and O–H groups in total. The molecule has 6 nitrogen and oxygen atoms in total. The van der Waals surface area contributed by atoms with E-state index in [9.17, 15) is 19.2 Å². The largest absolute Gasteiger partial charge is 0.496 e. The van der Waals surface area contributed by atoms with Crippen molar-refractivity contribution in [1.82, 2.24) is 4.90 Å². The van der Waals surface area contributed by atoms with Crippen LogP contribution in [0.2, 0.25) is 5.02 Å². The minimum Gasteiger partial charge on any atom is -0.496 e. The number of hydrogen-bond donors (Lipinski definition) is 0. The van der Waals surface area contributed by atoms with Crippen LogP contribution in [0.1, 0.15) is 68.9 Å². The zero-order valence-corrected chi connectivity index (χ0v) is 19.8. The fourth-order valence-electron chi connectivity index (χ4n) is 5.15. The molecule has 0 aromatic heterocycles. The Bertz CT molecular complexity index is 1050. The second-order valence-corrected chi connectivity index (χ2v) is 9.94. The molecule has 0 radical (unpaired) electrons. The molecule has 2 aliphatic carbocycles. The van der Waals surface area contributed by atoms with Gasteiger partial charge in [-0.05, 0) is 56.1 Å². The smallest absolute Gasteiger partial charge is 0.289 e. The van der Waals surface area contributed by atoms with Gasteiger partial charge in [0.05, 0.1) is 7.11 Å². The number of ether oxygens (including phenoxy) is 1. The van der Waals surface area contributed by atoms with Crippen molar-refractivity contribution in [2.75, 3.05) is 20.2 Å². The van der Waals surface area contributed by atoms with Crippen molar-refractivity contribution in [2.24, 2.45) is 11.3 Å². The van der Waals surface area contributed by atoms with Gasteiger partial charge in [-0.25, -0.2) is 0 Å². The van der Waals surface area contributed by atoms with Crippen molar-refractivity contribution >= 4 is 34.9 Å². The summed E-state index contributed by atoms with van der Waals surface area (Å²) >= 11 is 6.49. The molecule has 33 heavy (non-hydrogen) atoms. The summed E-state index contributed by atoms with van der Waals surface area (Å²) < 4.78 is 5.46. The summed E-state index contributed by atoms with van der Waals surface area (Å²) in [6.45, 7) is 2.51. The first-order valence-corrected chi connectivity index (χ1v) is 11.8. The Labute approximate surface area is 199 Å². The predicted octanol–water partition coefficient (Wildman–Crippen LogP) is 3.71. The lowest BCUT2D eigenvalue weighted by Crippen LogP contribution is -2.49. The first kappa shape index (κ1) is 23.5. The number of rotatable bonds is 5. The van der Waals surface area contributed by atoms with Crippen LogP contribution in [0, 0.1) is 23.2 Å². The van der Waals surface area contributed by atoms with Gasteiger partial charge >= 0.3 is 0 Å². The van der Waals surface area contributed by atoms with Crippen LogP contribution in [0.3, 0.4) is 0 Å². The quantitative estimate of drug-likeness (QED) is 0.373. The molecule has 7 heteroatoms. The molecular formula is C26H28ClNO5. The molecule has 1 spiro atoms. The van der Waals surface area contributed by atoms with Gasteiger partial charge in [0.15, 0.2) is 0 Å². The maximum absolute atomic E-state index is 13.3. The Morgan fingerprint density at radius 3 is 2.33 bits per heavy atom. The van der Waals surface area contributed by atoms with Crippen molar-refractivity contribution in [1.29, 1.82) is 0 Å². The molecule has 1 heterocycles. The zero-order chi connectivity index (χ0) is 23.8. The molecule has 0 atom stereocenters. The van der Waals surface area contributed by atoms with Gasteiger partial charge in [0, 0.05) is 48.5 Å². The van der Waals surface area contributed by atoms with Crippen LogP contribution in [0.5, 0.6) is 5.75 Å². The van der Waals surface area contributed by atoms with Gasteiger partial charge in [0.2, 0.25) is 5.78 Å². The number of likely N-dealkylation sites (tertiary alicyclic amines) is 1. The van der Waals surface area contributed by atoms with Crippen molar-refractivity contribution in [2.45, 2.75) is 57.8 Å². The average Bonchev–Trinajstić information content (AvgIpc) is 3.58. The Morgan fingerprint density at radius 2 is 1.79 bits per heavy atom. The van der Waals surface area contributed by atoms with Crippen LogP contribution >= 0.6 is 11.6 Å². The molecule has 1 aromatic rings. The van der Waals surface area contributed by atoms with E-state index in [4.69, 9.17) is 16.3 Å². The topological polar surface area (TPSA) is 80.8 Å². The summed E-state index contributed by atoms with van der Waals surface area (Å²) in [5.74, 6) is 4.43. The number of carbonyl (C=O) groups is 4. The standard InChI is InChI=1S/C26H28ClNO5/c1-3-4-17-11-18(27)23(22(13-17)33-2)24-20(30)14-26(15-21(24)31)7-9-28(10-8-26)25(32)19(29)12-16-5-6-16/h11,13,16,24H,5-10,12,14-15H2,1-2H3. The van der Waals surface area contributed by atoms with Gasteiger partial charge in [0.1, 0.15) is 23.2 Å². The van der Waals surface area contributed by atoms with E-state index < -0.39 is 17.2 Å². The molecule has 2 saturated carbocycles. The third kappa shape index (κ3) is 4.84. The minimum absolute atomic E-state index is 0.176. The zero-order valence-electron chi connectivity index (χ0n) is 19.0. The molecule has 1 amide bonds. The number of amides is 1. The number of Topliss-reactive ketones (excluding diaryl/α,β-unsaturated/α-hetero) is 3. The Hall–Kier alpha value is -2.65. The van der Waals surface area contributed by atoms with E-state index in [2.05, 4.69) is 11.8 Å². The summed E-state index contributed by atoms with van der Waals surface area (Å²) in [6.07, 6.45) is 3.96. The van der Waals surface area contributed by atoms with E-state index >= 15 is 0 Å². The van der Waals surface area contributed by atoms with Crippen LogP contribution in [-0.2, 0) is 19.2 Å². The predicted molar refractivity (Wildman–Crippen MR) is 123 cm³/mol. The molecule has 0 unspecified atom stereocenters. The highest BCUT2D eigenvalue weighted by molar-refractivity contribution is 6.36. The molecule has 3 aliphatic rings. The number of benzene rings is 1. The number of ketones is 3. The number of piperidine rings is 1. The third-order valence-corrected chi connectivity index (χ3v) is 7.45. The highest BCUT2D eigenvalue weighted by Gasteiger charge is 2.48. The van der Waals surface area contributed by atoms with Crippen LogP contribution in [0.4, 0.5) is 0 Å². The van der Waals surface area contributed by atoms with Crippen molar-refractivity contribution in [3.05, 3.63) is 28.3 Å². The number of carbonyl (C=O) groups excluding carboxylic acids is 4. The highest BCUT2D eigenvalue weighted by Crippen LogP contribution is 2.48. The lowest BCUT2D eigenvalue weighted by molar-refractivity contribution is -0.148. The molecule has 174 valence electrons. The lowest BCUT2D eigenvalue weighted by atomic mass is 9.63. The molecular weight excluding hydrogens is 442 g/mol. The van der Waals surface area contributed by atoms with Crippen LogP contribution in [0.15, 0.2) is 12.1 Å². The van der Waals surface area contributed by atoms with Gasteiger partial charge in [-0.3, -0.25) is 19.2 Å². The van der Waals surface area contributed by atoms with Crippen LogP contribution in [0.25, 0.3) is 0 Å². The maximum atomic E-state index is 13.3. The molecule has 0 bridgehead atoms. The first-order valence-electron chi connectivity index (χ1n) is 11.4. The summed E-state index contributed by atoms with van der Waals surface area (Å²) in [5, 5.41) is 0.296. The highest BCUT2D eigenvalue weighted by atomic mass is 35.5. The van der Waals surface area contributed by atoms with E-state index in [1.54, 1.807) is 24.0 Å². The van der Waals surface area contributed by atoms with Gasteiger partial charge in [-0.15, -0.1) is 5.92 Å². The SMILES string of the molecule is CC#Cc1cc(Cl)c(C2C(=O)CC3(CCN(C(=O)C(=O)CC4CC4)CC3)CC2=O)c(OC)c1. The number of methoxy groups -OCH3 is 1. The third-order valence-electron chi connectivity index (χ3n) is 7.13. The average molecular weight is 470 g/mol. The monoisotopic (exact) mass is 469 g/mol. The molecule has 1 aromatic carbocycles. The Kier molecular flexibility index (Phi) is 6.63.